The number of nitrogens with one attached hydrogen (secondary N) is 1. The largest absolute Gasteiger partial charge is 0.495 e. The van der Waals surface area contributed by atoms with Crippen molar-refractivity contribution >= 4 is 27.7 Å². The Kier molecular flexibility index (Phi) is 7.24. The van der Waals surface area contributed by atoms with E-state index in [1.54, 1.807) is 30.3 Å². The summed E-state index contributed by atoms with van der Waals surface area (Å²) in [5.41, 5.74) is 0.978. The highest BCUT2D eigenvalue weighted by Crippen LogP contribution is 2.32. The Morgan fingerprint density at radius 2 is 1.69 bits per heavy atom. The molecular weight excluding hydrogens is 396 g/mol. The molecule has 0 aliphatic rings. The van der Waals surface area contributed by atoms with Gasteiger partial charge in [0.25, 0.3) is 0 Å². The molecule has 0 bridgehead atoms. The van der Waals surface area contributed by atoms with Crippen molar-refractivity contribution in [1.82, 2.24) is 4.31 Å². The number of sulfonamides is 1. The summed E-state index contributed by atoms with van der Waals surface area (Å²) in [4.78, 5) is 12.3. The van der Waals surface area contributed by atoms with Crippen LogP contribution in [0.4, 0.5) is 5.69 Å². The second kappa shape index (κ2) is 9.44. The van der Waals surface area contributed by atoms with Gasteiger partial charge < -0.3 is 19.5 Å². The first-order chi connectivity index (χ1) is 13.7. The van der Waals surface area contributed by atoms with E-state index in [1.807, 2.05) is 0 Å². The molecule has 2 aromatic rings. The molecule has 0 atom stereocenters. The summed E-state index contributed by atoms with van der Waals surface area (Å²) in [6.45, 7) is 0. The van der Waals surface area contributed by atoms with Crippen LogP contribution in [0.2, 0.25) is 0 Å². The van der Waals surface area contributed by atoms with Gasteiger partial charge in [-0.2, -0.15) is 0 Å². The first-order valence-electron chi connectivity index (χ1n) is 8.55. The molecule has 1 amide bonds. The summed E-state index contributed by atoms with van der Waals surface area (Å²) in [6, 6.07) is 9.71. The lowest BCUT2D eigenvalue weighted by Gasteiger charge is -2.15. The maximum Gasteiger partial charge on any atom is 0.248 e. The Morgan fingerprint density at radius 1 is 1.00 bits per heavy atom. The lowest BCUT2D eigenvalue weighted by atomic mass is 10.1. The quantitative estimate of drug-likeness (QED) is 0.660. The maximum absolute atomic E-state index is 12.5. The van der Waals surface area contributed by atoms with Crippen molar-refractivity contribution in [3.05, 3.63) is 48.0 Å². The molecule has 0 aliphatic heterocycles. The number of benzene rings is 2. The van der Waals surface area contributed by atoms with Crippen molar-refractivity contribution in [3.8, 4) is 17.2 Å². The average Bonchev–Trinajstić information content (AvgIpc) is 2.71. The van der Waals surface area contributed by atoms with Crippen molar-refractivity contribution in [1.29, 1.82) is 0 Å². The monoisotopic (exact) mass is 420 g/mol. The van der Waals surface area contributed by atoms with Gasteiger partial charge in [-0.3, -0.25) is 4.79 Å². The molecule has 0 saturated carbocycles. The van der Waals surface area contributed by atoms with Crippen LogP contribution in [0.15, 0.2) is 47.4 Å². The lowest BCUT2D eigenvalue weighted by Crippen LogP contribution is -2.23. The Morgan fingerprint density at radius 3 is 2.28 bits per heavy atom. The highest BCUT2D eigenvalue weighted by molar-refractivity contribution is 7.89. The number of methoxy groups -OCH3 is 3. The highest BCUT2D eigenvalue weighted by Gasteiger charge is 2.22. The molecule has 0 heterocycles. The third kappa shape index (κ3) is 5.07. The molecule has 0 spiro atoms. The van der Waals surface area contributed by atoms with Crippen LogP contribution in [0.25, 0.3) is 6.08 Å². The predicted molar refractivity (Wildman–Crippen MR) is 111 cm³/mol. The van der Waals surface area contributed by atoms with Gasteiger partial charge in [-0.05, 0) is 30.3 Å². The fourth-order valence-corrected chi connectivity index (χ4v) is 3.62. The summed E-state index contributed by atoms with van der Waals surface area (Å²) in [6.07, 6.45) is 2.90. The van der Waals surface area contributed by atoms with Crippen molar-refractivity contribution in [2.24, 2.45) is 0 Å². The van der Waals surface area contributed by atoms with Crippen molar-refractivity contribution < 1.29 is 27.4 Å². The molecule has 1 N–H and O–H groups in total. The second-order valence-corrected chi connectivity index (χ2v) is 8.18. The lowest BCUT2D eigenvalue weighted by molar-refractivity contribution is -0.111. The zero-order valence-corrected chi connectivity index (χ0v) is 17.7. The molecule has 156 valence electrons. The van der Waals surface area contributed by atoms with Crippen molar-refractivity contribution in [2.75, 3.05) is 40.7 Å². The van der Waals surface area contributed by atoms with E-state index in [4.69, 9.17) is 14.2 Å². The molecule has 8 nitrogen and oxygen atoms in total. The topological polar surface area (TPSA) is 94.2 Å². The molecule has 29 heavy (non-hydrogen) atoms. The van der Waals surface area contributed by atoms with E-state index in [9.17, 15) is 13.2 Å². The van der Waals surface area contributed by atoms with Crippen LogP contribution in [-0.4, -0.2) is 54.1 Å². The van der Waals surface area contributed by atoms with Crippen LogP contribution < -0.4 is 19.5 Å². The smallest absolute Gasteiger partial charge is 0.248 e. The van der Waals surface area contributed by atoms with Crippen LogP contribution in [-0.2, 0) is 14.8 Å². The third-order valence-corrected chi connectivity index (χ3v) is 5.87. The number of amides is 1. The highest BCUT2D eigenvalue weighted by atomic mass is 32.2. The number of rotatable bonds is 8. The second-order valence-electron chi connectivity index (χ2n) is 6.06. The van der Waals surface area contributed by atoms with Crippen molar-refractivity contribution in [2.45, 2.75) is 4.90 Å². The molecule has 9 heteroatoms. The molecule has 0 unspecified atom stereocenters. The summed E-state index contributed by atoms with van der Waals surface area (Å²) in [5, 5.41) is 2.64. The molecule has 0 aromatic heterocycles. The van der Waals surface area contributed by atoms with Crippen molar-refractivity contribution in [3.63, 3.8) is 0 Å². The Bertz CT molecular complexity index is 1020. The fourth-order valence-electron chi connectivity index (χ4n) is 2.55. The molecular formula is C20H24N2O6S. The minimum Gasteiger partial charge on any atom is -0.495 e. The minimum atomic E-state index is -3.74. The van der Waals surface area contributed by atoms with E-state index in [2.05, 4.69) is 5.32 Å². The van der Waals surface area contributed by atoms with Crippen LogP contribution in [0.5, 0.6) is 17.2 Å². The molecule has 2 rings (SSSR count). The van der Waals surface area contributed by atoms with Gasteiger partial charge in [0, 0.05) is 31.4 Å². The zero-order valence-electron chi connectivity index (χ0n) is 16.9. The summed E-state index contributed by atoms with van der Waals surface area (Å²) in [7, 11) is 3.52. The first kappa shape index (κ1) is 22.3. The Hall–Kier alpha value is -3.04. The van der Waals surface area contributed by atoms with E-state index in [0.717, 1.165) is 4.31 Å². The molecule has 2 aromatic carbocycles. The van der Waals surface area contributed by atoms with Gasteiger partial charge in [0.05, 0.1) is 21.3 Å². The number of ether oxygens (including phenoxy) is 3. The minimum absolute atomic E-state index is 0.0405. The predicted octanol–water partition coefficient (Wildman–Crippen LogP) is 2.61. The molecule has 0 fully saturated rings. The standard InChI is InChI=1S/C20H24N2O6S/c1-22(2)29(24,25)18-13-15(10-11-16(18)26-3)21-19(23)12-9-14-7-6-8-17(27-4)20(14)28-5/h6-13H,1-5H3,(H,21,23)/b12-9+. The normalized spacial score (nSPS) is 11.5. The van der Waals surface area contributed by atoms with E-state index in [0.29, 0.717) is 22.7 Å². The molecule has 0 saturated heterocycles. The van der Waals surface area contributed by atoms with E-state index < -0.39 is 15.9 Å². The Labute approximate surface area is 170 Å². The number of anilines is 1. The number of nitrogens with zero attached hydrogens (tertiary/aromatic N) is 1. The summed E-state index contributed by atoms with van der Waals surface area (Å²) >= 11 is 0. The maximum atomic E-state index is 12.5. The fraction of sp³-hybridized carbons (Fsp3) is 0.250. The van der Waals surface area contributed by atoms with E-state index in [1.165, 1.54) is 53.6 Å². The van der Waals surface area contributed by atoms with Crippen LogP contribution in [0.1, 0.15) is 5.56 Å². The SMILES string of the molecule is COc1ccc(NC(=O)/C=C/c2cccc(OC)c2OC)cc1S(=O)(=O)N(C)C. The van der Waals surface area contributed by atoms with Crippen LogP contribution in [0, 0.1) is 0 Å². The number of para-hydroxylation sites is 1. The number of hydrogen-bond acceptors (Lipinski definition) is 6. The molecule has 0 radical (unpaired) electrons. The summed E-state index contributed by atoms with van der Waals surface area (Å²) < 4.78 is 41.7. The third-order valence-electron chi connectivity index (χ3n) is 4.04. The van der Waals surface area contributed by atoms with Crippen LogP contribution >= 0.6 is 0 Å². The van der Waals surface area contributed by atoms with Gasteiger partial charge in [-0.25, -0.2) is 12.7 Å². The number of hydrogen-bond donors (Lipinski definition) is 1. The van der Waals surface area contributed by atoms with E-state index >= 15 is 0 Å². The number of carbonyl (C=O) groups excluding carboxylic acids is 1. The van der Waals surface area contributed by atoms with Gasteiger partial charge in [0.2, 0.25) is 15.9 Å². The van der Waals surface area contributed by atoms with Gasteiger partial charge >= 0.3 is 0 Å². The molecule has 0 aliphatic carbocycles. The average molecular weight is 420 g/mol. The van der Waals surface area contributed by atoms with Gasteiger partial charge in [-0.1, -0.05) is 12.1 Å². The summed E-state index contributed by atoms with van der Waals surface area (Å²) in [5.74, 6) is 0.799. The Balaban J connectivity index is 2.27. The van der Waals surface area contributed by atoms with E-state index in [-0.39, 0.29) is 10.6 Å². The van der Waals surface area contributed by atoms with Crippen LogP contribution in [0.3, 0.4) is 0 Å². The number of carbonyl (C=O) groups is 1. The first-order valence-corrected chi connectivity index (χ1v) is 9.99. The van der Waals surface area contributed by atoms with Gasteiger partial charge in [-0.15, -0.1) is 0 Å². The zero-order chi connectivity index (χ0) is 21.6. The van der Waals surface area contributed by atoms with Gasteiger partial charge in [0.15, 0.2) is 11.5 Å². The van der Waals surface area contributed by atoms with Gasteiger partial charge in [0.1, 0.15) is 10.6 Å².